The zero-order valence-electron chi connectivity index (χ0n) is 12.0. The van der Waals surface area contributed by atoms with E-state index in [4.69, 9.17) is 0 Å². The maximum atomic E-state index is 14.1. The van der Waals surface area contributed by atoms with Crippen LogP contribution in [0.25, 0.3) is 11.0 Å². The van der Waals surface area contributed by atoms with Gasteiger partial charge in [0, 0.05) is 31.7 Å². The number of fused-ring (bicyclic) bond motifs is 1. The van der Waals surface area contributed by atoms with Crippen molar-refractivity contribution >= 4 is 21.1 Å². The van der Waals surface area contributed by atoms with Crippen molar-refractivity contribution in [3.05, 3.63) is 18.5 Å². The Morgan fingerprint density at radius 2 is 2.14 bits per heavy atom. The van der Waals surface area contributed by atoms with Gasteiger partial charge < -0.3 is 0 Å². The van der Waals surface area contributed by atoms with Crippen LogP contribution in [0.1, 0.15) is 19.8 Å². The van der Waals surface area contributed by atoms with Gasteiger partial charge in [0.1, 0.15) is 10.6 Å². The van der Waals surface area contributed by atoms with Gasteiger partial charge in [-0.1, -0.05) is 0 Å². The molecule has 0 bridgehead atoms. The Bertz CT molecular complexity index is 785. The van der Waals surface area contributed by atoms with Gasteiger partial charge in [-0.15, -0.1) is 0 Å². The fourth-order valence-corrected chi connectivity index (χ4v) is 4.24. The first-order valence-electron chi connectivity index (χ1n) is 6.76. The highest BCUT2D eigenvalue weighted by molar-refractivity contribution is 7.89. The lowest BCUT2D eigenvalue weighted by Gasteiger charge is -2.34. The SMILES string of the molecule is Cn1ncc2cc(S(=O)(=O)N3CCCC(C)(F)C3)cnc21. The van der Waals surface area contributed by atoms with Crippen molar-refractivity contribution < 1.29 is 12.8 Å². The van der Waals surface area contributed by atoms with E-state index < -0.39 is 15.7 Å². The molecule has 0 saturated carbocycles. The Hall–Kier alpha value is -1.54. The van der Waals surface area contributed by atoms with E-state index in [0.717, 1.165) is 0 Å². The third-order valence-electron chi connectivity index (χ3n) is 3.80. The molecule has 1 aliphatic rings. The van der Waals surface area contributed by atoms with Crippen LogP contribution in [0.3, 0.4) is 0 Å². The van der Waals surface area contributed by atoms with E-state index >= 15 is 0 Å². The summed E-state index contributed by atoms with van der Waals surface area (Å²) in [7, 11) is -1.98. The van der Waals surface area contributed by atoms with Crippen LogP contribution >= 0.6 is 0 Å². The molecule has 2 aromatic heterocycles. The minimum absolute atomic E-state index is 0.0840. The van der Waals surface area contributed by atoms with Crippen LogP contribution in [-0.2, 0) is 17.1 Å². The van der Waals surface area contributed by atoms with Gasteiger partial charge in [-0.25, -0.2) is 17.8 Å². The number of hydrogen-bond donors (Lipinski definition) is 0. The smallest absolute Gasteiger partial charge is 0.244 e. The van der Waals surface area contributed by atoms with Crippen molar-refractivity contribution in [2.75, 3.05) is 13.1 Å². The molecular formula is C13H17FN4O2S. The summed E-state index contributed by atoms with van der Waals surface area (Å²) in [5.74, 6) is 0. The van der Waals surface area contributed by atoms with Crippen molar-refractivity contribution in [1.82, 2.24) is 19.1 Å². The van der Waals surface area contributed by atoms with Crippen LogP contribution in [0.2, 0.25) is 0 Å². The molecule has 6 nitrogen and oxygen atoms in total. The molecule has 0 spiro atoms. The minimum Gasteiger partial charge on any atom is -0.250 e. The maximum absolute atomic E-state index is 14.1. The third-order valence-corrected chi connectivity index (χ3v) is 5.61. The fraction of sp³-hybridized carbons (Fsp3) is 0.538. The van der Waals surface area contributed by atoms with Gasteiger partial charge in [0.05, 0.1) is 6.20 Å². The molecule has 1 fully saturated rings. The first-order chi connectivity index (χ1) is 9.79. The molecule has 114 valence electrons. The number of pyridine rings is 1. The van der Waals surface area contributed by atoms with Crippen LogP contribution in [0.5, 0.6) is 0 Å². The Balaban J connectivity index is 1.99. The van der Waals surface area contributed by atoms with E-state index in [-0.39, 0.29) is 11.4 Å². The summed E-state index contributed by atoms with van der Waals surface area (Å²) in [6.07, 6.45) is 3.79. The number of aryl methyl sites for hydroxylation is 1. The molecule has 21 heavy (non-hydrogen) atoms. The Morgan fingerprint density at radius 3 is 2.86 bits per heavy atom. The minimum atomic E-state index is -3.72. The Morgan fingerprint density at radius 1 is 1.38 bits per heavy atom. The Labute approximate surface area is 122 Å². The molecule has 2 aromatic rings. The summed E-state index contributed by atoms with van der Waals surface area (Å²) < 4.78 is 42.1. The second kappa shape index (κ2) is 4.74. The average Bonchev–Trinajstić information content (AvgIpc) is 2.79. The predicted molar refractivity (Wildman–Crippen MR) is 76.0 cm³/mol. The summed E-state index contributed by atoms with van der Waals surface area (Å²) in [5.41, 5.74) is -0.861. The van der Waals surface area contributed by atoms with Gasteiger partial charge in [0.25, 0.3) is 0 Å². The molecule has 3 rings (SSSR count). The molecule has 0 radical (unpaired) electrons. The van der Waals surface area contributed by atoms with Crippen LogP contribution in [0.4, 0.5) is 4.39 Å². The molecular weight excluding hydrogens is 295 g/mol. The Kier molecular flexibility index (Phi) is 3.25. The lowest BCUT2D eigenvalue weighted by Crippen LogP contribution is -2.46. The highest BCUT2D eigenvalue weighted by Gasteiger charge is 2.37. The van der Waals surface area contributed by atoms with Crippen molar-refractivity contribution in [2.45, 2.75) is 30.3 Å². The lowest BCUT2D eigenvalue weighted by molar-refractivity contribution is 0.102. The first-order valence-corrected chi connectivity index (χ1v) is 8.20. The predicted octanol–water partition coefficient (Wildman–Crippen LogP) is 1.48. The zero-order valence-corrected chi connectivity index (χ0v) is 12.8. The molecule has 1 unspecified atom stereocenters. The van der Waals surface area contributed by atoms with Gasteiger partial charge in [0.2, 0.25) is 10.0 Å². The number of hydrogen-bond acceptors (Lipinski definition) is 4. The number of sulfonamides is 1. The van der Waals surface area contributed by atoms with Crippen LogP contribution in [-0.4, -0.2) is 46.2 Å². The second-order valence-corrected chi connectivity index (χ2v) is 7.65. The number of nitrogens with zero attached hydrogens (tertiary/aromatic N) is 4. The molecule has 0 N–H and O–H groups in total. The second-order valence-electron chi connectivity index (χ2n) is 5.71. The molecule has 1 aliphatic heterocycles. The first kappa shape index (κ1) is 14.4. The summed E-state index contributed by atoms with van der Waals surface area (Å²) >= 11 is 0. The number of alkyl halides is 1. The molecule has 8 heteroatoms. The van der Waals surface area contributed by atoms with E-state index in [9.17, 15) is 12.8 Å². The van der Waals surface area contributed by atoms with E-state index in [1.807, 2.05) is 0 Å². The number of rotatable bonds is 2. The van der Waals surface area contributed by atoms with Crippen LogP contribution in [0.15, 0.2) is 23.4 Å². The highest BCUT2D eigenvalue weighted by atomic mass is 32.2. The van der Waals surface area contributed by atoms with E-state index in [2.05, 4.69) is 10.1 Å². The molecule has 1 atom stereocenters. The highest BCUT2D eigenvalue weighted by Crippen LogP contribution is 2.29. The van der Waals surface area contributed by atoms with Crippen molar-refractivity contribution in [3.8, 4) is 0 Å². The largest absolute Gasteiger partial charge is 0.250 e. The quantitative estimate of drug-likeness (QED) is 0.842. The average molecular weight is 312 g/mol. The van der Waals surface area contributed by atoms with E-state index in [0.29, 0.717) is 30.4 Å². The third kappa shape index (κ3) is 2.53. The summed E-state index contributed by atoms with van der Waals surface area (Å²) in [5, 5.41) is 4.69. The summed E-state index contributed by atoms with van der Waals surface area (Å²) in [6, 6.07) is 1.54. The van der Waals surface area contributed by atoms with Crippen LogP contribution in [0, 0.1) is 0 Å². The van der Waals surface area contributed by atoms with Crippen LogP contribution < -0.4 is 0 Å². The molecule has 3 heterocycles. The molecule has 0 amide bonds. The zero-order chi connectivity index (χ0) is 15.3. The van der Waals surface area contributed by atoms with Gasteiger partial charge in [-0.2, -0.15) is 9.40 Å². The number of piperidine rings is 1. The van der Waals surface area contributed by atoms with Gasteiger partial charge in [0.15, 0.2) is 5.65 Å². The van der Waals surface area contributed by atoms with Gasteiger partial charge in [-0.05, 0) is 25.8 Å². The maximum Gasteiger partial charge on any atom is 0.244 e. The van der Waals surface area contributed by atoms with E-state index in [1.54, 1.807) is 17.9 Å². The monoisotopic (exact) mass is 312 g/mol. The molecule has 1 saturated heterocycles. The van der Waals surface area contributed by atoms with E-state index in [1.165, 1.54) is 23.5 Å². The van der Waals surface area contributed by atoms with Crippen molar-refractivity contribution in [3.63, 3.8) is 0 Å². The van der Waals surface area contributed by atoms with Gasteiger partial charge >= 0.3 is 0 Å². The normalized spacial score (nSPS) is 24.5. The standard InChI is InChI=1S/C13H17FN4O2S/c1-13(14)4-3-5-18(9-13)21(19,20)11-6-10-7-16-17(2)12(10)15-8-11/h6-8H,3-5,9H2,1-2H3. The summed E-state index contributed by atoms with van der Waals surface area (Å²) in [4.78, 5) is 4.22. The number of aromatic nitrogens is 3. The number of halogens is 1. The fourth-order valence-electron chi connectivity index (χ4n) is 2.67. The molecule has 0 aliphatic carbocycles. The topological polar surface area (TPSA) is 68.1 Å². The lowest BCUT2D eigenvalue weighted by atomic mass is 9.99. The summed E-state index contributed by atoms with van der Waals surface area (Å²) in [6.45, 7) is 1.67. The molecule has 0 aromatic carbocycles. The van der Waals surface area contributed by atoms with Gasteiger partial charge in [-0.3, -0.25) is 4.68 Å². The van der Waals surface area contributed by atoms with Crippen molar-refractivity contribution in [2.24, 2.45) is 7.05 Å². The van der Waals surface area contributed by atoms with Crippen molar-refractivity contribution in [1.29, 1.82) is 0 Å².